The molecular formula is C23H23N3O3S. The first-order valence-electron chi connectivity index (χ1n) is 10.2. The van der Waals surface area contributed by atoms with Gasteiger partial charge in [0.1, 0.15) is 11.1 Å². The maximum Gasteiger partial charge on any atom is 0.339 e. The molecule has 2 aromatic carbocycles. The van der Waals surface area contributed by atoms with Crippen molar-refractivity contribution in [3.8, 4) is 0 Å². The van der Waals surface area contributed by atoms with Gasteiger partial charge in [-0.25, -0.2) is 4.79 Å². The standard InChI is InChI=1S/C23H23N3O3S/c1-2-3-5-10-20-25-26-23(30-20)24-21(27)16-11-12-18-17(13-16)14-19(29-22(18)28)15-8-6-4-7-9-15/h4,6-9,11-13,19H,2-3,5,10,14H2,1H3,(H,24,26,27). The molecule has 0 aliphatic carbocycles. The molecule has 1 atom stereocenters. The summed E-state index contributed by atoms with van der Waals surface area (Å²) >= 11 is 1.40. The number of esters is 1. The fraction of sp³-hybridized carbons (Fsp3) is 0.304. The fourth-order valence-corrected chi connectivity index (χ4v) is 4.27. The highest BCUT2D eigenvalue weighted by molar-refractivity contribution is 7.15. The Morgan fingerprint density at radius 2 is 2.00 bits per heavy atom. The number of cyclic esters (lactones) is 1. The van der Waals surface area contributed by atoms with Crippen molar-refractivity contribution >= 4 is 28.3 Å². The first kappa shape index (κ1) is 20.2. The number of amides is 1. The highest BCUT2D eigenvalue weighted by atomic mass is 32.1. The summed E-state index contributed by atoms with van der Waals surface area (Å²) in [6, 6.07) is 14.7. The van der Waals surface area contributed by atoms with Crippen LogP contribution in [0.3, 0.4) is 0 Å². The zero-order chi connectivity index (χ0) is 20.9. The van der Waals surface area contributed by atoms with E-state index in [1.807, 2.05) is 30.3 Å². The van der Waals surface area contributed by atoms with Gasteiger partial charge in [-0.3, -0.25) is 10.1 Å². The summed E-state index contributed by atoms with van der Waals surface area (Å²) in [5.41, 5.74) is 2.74. The Morgan fingerprint density at radius 1 is 1.17 bits per heavy atom. The Morgan fingerprint density at radius 3 is 2.80 bits per heavy atom. The number of aryl methyl sites for hydroxylation is 1. The normalized spacial score (nSPS) is 15.4. The van der Waals surface area contributed by atoms with Crippen LogP contribution in [0.15, 0.2) is 48.5 Å². The molecule has 154 valence electrons. The molecule has 1 amide bonds. The molecule has 7 heteroatoms. The van der Waals surface area contributed by atoms with Crippen LogP contribution in [0.2, 0.25) is 0 Å². The molecule has 30 heavy (non-hydrogen) atoms. The fourth-order valence-electron chi connectivity index (χ4n) is 3.49. The summed E-state index contributed by atoms with van der Waals surface area (Å²) in [5, 5.41) is 12.5. The highest BCUT2D eigenvalue weighted by Gasteiger charge is 2.28. The molecule has 1 aliphatic rings. The molecule has 0 radical (unpaired) electrons. The van der Waals surface area contributed by atoms with Crippen LogP contribution < -0.4 is 5.32 Å². The van der Waals surface area contributed by atoms with Crippen LogP contribution in [0, 0.1) is 0 Å². The summed E-state index contributed by atoms with van der Waals surface area (Å²) in [6.45, 7) is 2.16. The smallest absolute Gasteiger partial charge is 0.339 e. The molecule has 0 fully saturated rings. The summed E-state index contributed by atoms with van der Waals surface area (Å²) in [6.07, 6.45) is 4.44. The van der Waals surface area contributed by atoms with Gasteiger partial charge in [-0.1, -0.05) is 61.4 Å². The second kappa shape index (κ2) is 9.17. The Hall–Kier alpha value is -3.06. The molecule has 3 aromatic rings. The third-order valence-corrected chi connectivity index (χ3v) is 5.99. The monoisotopic (exact) mass is 421 g/mol. The van der Waals surface area contributed by atoms with Crippen molar-refractivity contribution < 1.29 is 14.3 Å². The van der Waals surface area contributed by atoms with Crippen molar-refractivity contribution in [1.82, 2.24) is 10.2 Å². The molecule has 1 aliphatic heterocycles. The number of nitrogens with one attached hydrogen (secondary N) is 1. The Balaban J connectivity index is 1.47. The molecule has 4 rings (SSSR count). The van der Waals surface area contributed by atoms with E-state index >= 15 is 0 Å². The lowest BCUT2D eigenvalue weighted by atomic mass is 9.93. The van der Waals surface area contributed by atoms with E-state index in [9.17, 15) is 9.59 Å². The molecule has 0 saturated carbocycles. The van der Waals surface area contributed by atoms with E-state index < -0.39 is 0 Å². The van der Waals surface area contributed by atoms with E-state index in [0.29, 0.717) is 22.7 Å². The molecule has 0 saturated heterocycles. The third kappa shape index (κ3) is 4.57. The number of carbonyl (C=O) groups excluding carboxylic acids is 2. The number of rotatable bonds is 7. The maximum atomic E-state index is 12.7. The zero-order valence-corrected chi connectivity index (χ0v) is 17.6. The van der Waals surface area contributed by atoms with Gasteiger partial charge in [0.05, 0.1) is 5.56 Å². The number of nitrogens with zero attached hydrogens (tertiary/aromatic N) is 2. The second-order valence-electron chi connectivity index (χ2n) is 7.29. The van der Waals surface area contributed by atoms with Crippen LogP contribution in [-0.2, 0) is 17.6 Å². The number of hydrogen-bond donors (Lipinski definition) is 1. The van der Waals surface area contributed by atoms with Crippen molar-refractivity contribution in [2.24, 2.45) is 0 Å². The zero-order valence-electron chi connectivity index (χ0n) is 16.8. The lowest BCUT2D eigenvalue weighted by Crippen LogP contribution is -2.23. The molecule has 1 N–H and O–H groups in total. The van der Waals surface area contributed by atoms with E-state index in [0.717, 1.165) is 41.8 Å². The molecule has 1 unspecified atom stereocenters. The topological polar surface area (TPSA) is 81.2 Å². The van der Waals surface area contributed by atoms with Gasteiger partial charge in [0.25, 0.3) is 5.91 Å². The maximum absolute atomic E-state index is 12.7. The van der Waals surface area contributed by atoms with E-state index in [1.165, 1.54) is 11.3 Å². The lowest BCUT2D eigenvalue weighted by molar-refractivity contribution is 0.0252. The van der Waals surface area contributed by atoms with E-state index in [2.05, 4.69) is 22.4 Å². The van der Waals surface area contributed by atoms with Gasteiger partial charge in [0.2, 0.25) is 5.13 Å². The first-order chi connectivity index (χ1) is 14.6. The van der Waals surface area contributed by atoms with Gasteiger partial charge in [0, 0.05) is 18.4 Å². The lowest BCUT2D eigenvalue weighted by Gasteiger charge is -2.25. The van der Waals surface area contributed by atoms with E-state index in [1.54, 1.807) is 18.2 Å². The number of unbranched alkanes of at least 4 members (excludes halogenated alkanes) is 2. The summed E-state index contributed by atoms with van der Waals surface area (Å²) < 4.78 is 5.58. The van der Waals surface area contributed by atoms with Crippen molar-refractivity contribution in [3.05, 3.63) is 75.8 Å². The predicted octanol–water partition coefficient (Wildman–Crippen LogP) is 4.98. The van der Waals surface area contributed by atoms with Gasteiger partial charge >= 0.3 is 5.97 Å². The van der Waals surface area contributed by atoms with Crippen LogP contribution >= 0.6 is 11.3 Å². The van der Waals surface area contributed by atoms with E-state index in [4.69, 9.17) is 4.74 Å². The predicted molar refractivity (Wildman–Crippen MR) is 116 cm³/mol. The highest BCUT2D eigenvalue weighted by Crippen LogP contribution is 2.31. The number of benzene rings is 2. The van der Waals surface area contributed by atoms with Crippen LogP contribution in [0.4, 0.5) is 5.13 Å². The van der Waals surface area contributed by atoms with Crippen molar-refractivity contribution in [2.75, 3.05) is 5.32 Å². The van der Waals surface area contributed by atoms with Gasteiger partial charge < -0.3 is 4.74 Å². The minimum atomic E-state index is -0.363. The molecule has 0 bridgehead atoms. The Labute approximate surface area is 179 Å². The van der Waals surface area contributed by atoms with Gasteiger partial charge in [0.15, 0.2) is 0 Å². The first-order valence-corrected chi connectivity index (χ1v) is 11.0. The van der Waals surface area contributed by atoms with Gasteiger partial charge in [-0.2, -0.15) is 0 Å². The quantitative estimate of drug-likeness (QED) is 0.430. The number of anilines is 1. The number of aromatic nitrogens is 2. The molecule has 6 nitrogen and oxygen atoms in total. The summed E-state index contributed by atoms with van der Waals surface area (Å²) in [4.78, 5) is 25.1. The number of carbonyl (C=O) groups is 2. The molecular weight excluding hydrogens is 398 g/mol. The molecule has 1 aromatic heterocycles. The van der Waals surface area contributed by atoms with Crippen LogP contribution in [0.5, 0.6) is 0 Å². The summed E-state index contributed by atoms with van der Waals surface area (Å²) in [5.74, 6) is -0.623. The molecule has 0 spiro atoms. The average molecular weight is 422 g/mol. The number of fused-ring (bicyclic) bond motifs is 1. The minimum Gasteiger partial charge on any atom is -0.454 e. The van der Waals surface area contributed by atoms with Crippen LogP contribution in [0.25, 0.3) is 0 Å². The van der Waals surface area contributed by atoms with Gasteiger partial charge in [-0.15, -0.1) is 10.2 Å². The van der Waals surface area contributed by atoms with E-state index in [-0.39, 0.29) is 18.0 Å². The largest absolute Gasteiger partial charge is 0.454 e. The summed E-state index contributed by atoms with van der Waals surface area (Å²) in [7, 11) is 0. The van der Waals surface area contributed by atoms with Gasteiger partial charge in [-0.05, 0) is 35.7 Å². The van der Waals surface area contributed by atoms with Crippen LogP contribution in [-0.4, -0.2) is 22.1 Å². The average Bonchev–Trinajstić information content (AvgIpc) is 3.21. The number of hydrogen-bond acceptors (Lipinski definition) is 6. The Bertz CT molecular complexity index is 1050. The van der Waals surface area contributed by atoms with Crippen molar-refractivity contribution in [2.45, 2.75) is 45.1 Å². The molecule has 2 heterocycles. The van der Waals surface area contributed by atoms with Crippen molar-refractivity contribution in [1.29, 1.82) is 0 Å². The SMILES string of the molecule is CCCCCc1nnc(NC(=O)c2ccc3c(c2)CC(c2ccccc2)OC3=O)s1. The minimum absolute atomic E-state index is 0.260. The van der Waals surface area contributed by atoms with Crippen LogP contribution in [0.1, 0.15) is 69.1 Å². The number of ether oxygens (including phenoxy) is 1. The second-order valence-corrected chi connectivity index (χ2v) is 8.35. The third-order valence-electron chi connectivity index (χ3n) is 5.09. The van der Waals surface area contributed by atoms with Crippen molar-refractivity contribution in [3.63, 3.8) is 0 Å². The Kier molecular flexibility index (Phi) is 6.18.